The largest absolute Gasteiger partial charge is 0.384 e. The van der Waals surface area contributed by atoms with E-state index in [1.807, 2.05) is 6.08 Å². The summed E-state index contributed by atoms with van der Waals surface area (Å²) in [7, 11) is 3.39. The summed E-state index contributed by atoms with van der Waals surface area (Å²) in [6.07, 6.45) is 5.51. The molecule has 1 aliphatic carbocycles. The number of hydrogen-bond acceptors (Lipinski definition) is 3. The highest BCUT2D eigenvalue weighted by atomic mass is 16.5. The molecule has 2 atom stereocenters. The lowest BCUT2D eigenvalue weighted by molar-refractivity contribution is -0.0918. The van der Waals surface area contributed by atoms with Crippen molar-refractivity contribution in [1.82, 2.24) is 5.32 Å². The quantitative estimate of drug-likeness (QED) is 0.606. The molecule has 0 spiro atoms. The van der Waals surface area contributed by atoms with E-state index in [1.165, 1.54) is 5.57 Å². The summed E-state index contributed by atoms with van der Waals surface area (Å²) in [5.74, 6) is 0. The molecule has 0 saturated heterocycles. The molecule has 0 aliphatic heterocycles. The van der Waals surface area contributed by atoms with Gasteiger partial charge in [0.2, 0.25) is 0 Å². The van der Waals surface area contributed by atoms with Crippen molar-refractivity contribution in [1.29, 1.82) is 0 Å². The first-order chi connectivity index (χ1) is 8.68. The number of nitrogens with one attached hydrogen (secondary N) is 1. The van der Waals surface area contributed by atoms with Gasteiger partial charge in [0.1, 0.15) is 6.10 Å². The summed E-state index contributed by atoms with van der Waals surface area (Å²) < 4.78 is 5.37. The summed E-state index contributed by atoms with van der Waals surface area (Å²) in [4.78, 5) is 0. The van der Waals surface area contributed by atoms with E-state index in [1.54, 1.807) is 14.2 Å². The van der Waals surface area contributed by atoms with Crippen molar-refractivity contribution in [3.63, 3.8) is 0 Å². The Balaban J connectivity index is 3.18. The summed E-state index contributed by atoms with van der Waals surface area (Å²) in [6.45, 7) is 10.6. The molecule has 0 heterocycles. The van der Waals surface area contributed by atoms with Gasteiger partial charge >= 0.3 is 0 Å². The fraction of sp³-hybridized carbons (Fsp3) is 0.625. The fourth-order valence-corrected chi connectivity index (χ4v) is 2.26. The van der Waals surface area contributed by atoms with E-state index in [2.05, 4.69) is 52.1 Å². The molecule has 1 rings (SSSR count). The maximum atomic E-state index is 10.4. The highest BCUT2D eigenvalue weighted by molar-refractivity contribution is 5.50. The second kappa shape index (κ2) is 5.61. The van der Waals surface area contributed by atoms with Crippen LogP contribution in [-0.2, 0) is 4.74 Å². The zero-order chi connectivity index (χ0) is 14.8. The number of rotatable bonds is 4. The molecule has 108 valence electrons. The topological polar surface area (TPSA) is 41.5 Å². The molecule has 0 bridgehead atoms. The van der Waals surface area contributed by atoms with Crippen molar-refractivity contribution >= 4 is 0 Å². The third-order valence-electron chi connectivity index (χ3n) is 3.50. The van der Waals surface area contributed by atoms with Crippen LogP contribution >= 0.6 is 0 Å². The van der Waals surface area contributed by atoms with E-state index in [0.717, 1.165) is 11.1 Å². The molecule has 0 fully saturated rings. The normalized spacial score (nSPS) is 27.7. The Hall–Kier alpha value is -0.900. The van der Waals surface area contributed by atoms with Gasteiger partial charge in [-0.05, 0) is 43.5 Å². The number of allylic oxidation sites excluding steroid dienone is 3. The molecule has 0 aromatic rings. The van der Waals surface area contributed by atoms with Gasteiger partial charge in [0.15, 0.2) is 5.72 Å². The van der Waals surface area contributed by atoms with Crippen molar-refractivity contribution in [2.24, 2.45) is 5.41 Å². The fourth-order valence-electron chi connectivity index (χ4n) is 2.26. The first-order valence-electron chi connectivity index (χ1n) is 6.69. The van der Waals surface area contributed by atoms with Crippen LogP contribution in [-0.4, -0.2) is 31.1 Å². The van der Waals surface area contributed by atoms with Gasteiger partial charge in [-0.25, -0.2) is 0 Å². The minimum atomic E-state index is -0.745. The molecule has 0 amide bonds. The molecule has 0 saturated carbocycles. The average molecular weight is 265 g/mol. The van der Waals surface area contributed by atoms with E-state index >= 15 is 0 Å². The van der Waals surface area contributed by atoms with E-state index in [9.17, 15) is 5.11 Å². The monoisotopic (exact) mass is 265 g/mol. The van der Waals surface area contributed by atoms with E-state index in [-0.39, 0.29) is 5.41 Å². The van der Waals surface area contributed by atoms with Gasteiger partial charge in [-0.1, -0.05) is 38.5 Å². The molecule has 0 radical (unpaired) electrons. The number of aliphatic hydroxyl groups is 1. The minimum Gasteiger partial charge on any atom is -0.384 e. The predicted molar refractivity (Wildman–Crippen MR) is 79.9 cm³/mol. The van der Waals surface area contributed by atoms with Gasteiger partial charge in [-0.2, -0.15) is 0 Å². The zero-order valence-corrected chi connectivity index (χ0v) is 13.2. The lowest BCUT2D eigenvalue weighted by Gasteiger charge is -2.46. The second-order valence-corrected chi connectivity index (χ2v) is 6.32. The minimum absolute atomic E-state index is 0.0214. The maximum Gasteiger partial charge on any atom is 0.168 e. The first-order valence-corrected chi connectivity index (χ1v) is 6.69. The summed E-state index contributed by atoms with van der Waals surface area (Å²) in [5, 5.41) is 13.4. The third-order valence-corrected chi connectivity index (χ3v) is 3.50. The van der Waals surface area contributed by atoms with Gasteiger partial charge in [0.05, 0.1) is 0 Å². The predicted octanol–water partition coefficient (Wildman–Crippen LogP) is 2.79. The SMILES string of the molecule is CNC1(OC)C=C(/C(=C/C=C(C)C)C(C)(C)C)C1O. The maximum absolute atomic E-state index is 10.4. The van der Waals surface area contributed by atoms with Crippen LogP contribution in [0.15, 0.2) is 34.9 Å². The third kappa shape index (κ3) is 3.16. The van der Waals surface area contributed by atoms with Crippen LogP contribution in [0.25, 0.3) is 0 Å². The second-order valence-electron chi connectivity index (χ2n) is 6.32. The van der Waals surface area contributed by atoms with Crippen molar-refractivity contribution in [3.8, 4) is 0 Å². The van der Waals surface area contributed by atoms with Crippen molar-refractivity contribution in [2.45, 2.75) is 46.4 Å². The lowest BCUT2D eigenvalue weighted by Crippen LogP contribution is -2.60. The average Bonchev–Trinajstić information content (AvgIpc) is 2.30. The Kier molecular flexibility index (Phi) is 4.77. The van der Waals surface area contributed by atoms with Crippen molar-refractivity contribution in [2.75, 3.05) is 14.2 Å². The van der Waals surface area contributed by atoms with Crippen LogP contribution in [0.4, 0.5) is 0 Å². The Morgan fingerprint density at radius 2 is 1.95 bits per heavy atom. The highest BCUT2D eigenvalue weighted by Gasteiger charge is 2.48. The summed E-state index contributed by atoms with van der Waals surface area (Å²) >= 11 is 0. The molecular formula is C16H27NO2. The molecule has 19 heavy (non-hydrogen) atoms. The van der Waals surface area contributed by atoms with Gasteiger partial charge in [-0.3, -0.25) is 5.32 Å². The van der Waals surface area contributed by atoms with Gasteiger partial charge < -0.3 is 9.84 Å². The summed E-state index contributed by atoms with van der Waals surface area (Å²) in [5.41, 5.74) is 2.56. The molecular weight excluding hydrogens is 238 g/mol. The van der Waals surface area contributed by atoms with E-state index in [4.69, 9.17) is 4.74 Å². The van der Waals surface area contributed by atoms with Crippen molar-refractivity contribution < 1.29 is 9.84 Å². The molecule has 1 aliphatic rings. The molecule has 2 N–H and O–H groups in total. The van der Waals surface area contributed by atoms with Gasteiger partial charge in [-0.15, -0.1) is 0 Å². The number of likely N-dealkylation sites (N-methyl/N-ethyl adjacent to an activating group) is 1. The molecule has 3 nitrogen and oxygen atoms in total. The lowest BCUT2D eigenvalue weighted by atomic mass is 9.71. The van der Waals surface area contributed by atoms with E-state index < -0.39 is 11.8 Å². The van der Waals surface area contributed by atoms with Gasteiger partial charge in [0, 0.05) is 7.11 Å². The van der Waals surface area contributed by atoms with E-state index in [0.29, 0.717) is 0 Å². The number of ether oxygens (including phenoxy) is 1. The molecule has 0 aromatic carbocycles. The number of hydrogen-bond donors (Lipinski definition) is 2. The Morgan fingerprint density at radius 3 is 2.26 bits per heavy atom. The number of aliphatic hydroxyl groups excluding tert-OH is 1. The van der Waals surface area contributed by atoms with Crippen LogP contribution in [0.5, 0.6) is 0 Å². The standard InChI is InChI=1S/C16H27NO2/c1-11(2)8-9-13(15(3,4)5)12-10-16(17-6,19-7)14(12)18/h8-10,14,17-18H,1-7H3/b13-9-. The van der Waals surface area contributed by atoms with Crippen LogP contribution < -0.4 is 5.32 Å². The Labute approximate surface area is 117 Å². The first kappa shape index (κ1) is 16.2. The van der Waals surface area contributed by atoms with Crippen LogP contribution in [0.3, 0.4) is 0 Å². The summed E-state index contributed by atoms with van der Waals surface area (Å²) in [6, 6.07) is 0. The highest BCUT2D eigenvalue weighted by Crippen LogP contribution is 2.42. The molecule has 2 unspecified atom stereocenters. The van der Waals surface area contributed by atoms with Crippen LogP contribution in [0.1, 0.15) is 34.6 Å². The van der Waals surface area contributed by atoms with Crippen LogP contribution in [0, 0.1) is 5.41 Å². The Bertz CT molecular complexity index is 417. The molecule has 3 heteroatoms. The zero-order valence-electron chi connectivity index (χ0n) is 13.2. The molecule has 0 aromatic heterocycles. The van der Waals surface area contributed by atoms with Crippen LogP contribution in [0.2, 0.25) is 0 Å². The smallest absolute Gasteiger partial charge is 0.168 e. The number of methoxy groups -OCH3 is 1. The van der Waals surface area contributed by atoms with Gasteiger partial charge in [0.25, 0.3) is 0 Å². The Morgan fingerprint density at radius 1 is 1.37 bits per heavy atom. The van der Waals surface area contributed by atoms with Crippen molar-refractivity contribution in [3.05, 3.63) is 34.9 Å².